The van der Waals surface area contributed by atoms with Crippen molar-refractivity contribution in [1.29, 1.82) is 0 Å². The Morgan fingerprint density at radius 3 is 2.15 bits per heavy atom. The second-order valence-electron chi connectivity index (χ2n) is 3.68. The van der Waals surface area contributed by atoms with Crippen molar-refractivity contribution in [2.45, 2.75) is 31.4 Å². The minimum atomic E-state index is -1.04. The molecular formula is C11H12BrF. The summed E-state index contributed by atoms with van der Waals surface area (Å²) in [5, 5.41) is 0. The van der Waals surface area contributed by atoms with Crippen LogP contribution >= 0.6 is 15.9 Å². The maximum absolute atomic E-state index is 14.2. The monoisotopic (exact) mass is 242 g/mol. The first kappa shape index (κ1) is 9.20. The first-order valence-corrected chi connectivity index (χ1v) is 5.45. The predicted octanol–water partition coefficient (Wildman–Crippen LogP) is 4.19. The van der Waals surface area contributed by atoms with Gasteiger partial charge in [-0.2, -0.15) is 0 Å². The molecule has 0 heterocycles. The van der Waals surface area contributed by atoms with Crippen LogP contribution in [0.4, 0.5) is 4.39 Å². The summed E-state index contributed by atoms with van der Waals surface area (Å²) in [6.07, 6.45) is 3.42. The van der Waals surface area contributed by atoms with E-state index in [1.807, 2.05) is 24.3 Å². The number of benzene rings is 1. The molecule has 0 unspecified atom stereocenters. The highest BCUT2D eigenvalue weighted by Gasteiger charge is 2.35. The van der Waals surface area contributed by atoms with Crippen molar-refractivity contribution < 1.29 is 4.39 Å². The lowest BCUT2D eigenvalue weighted by Gasteiger charge is -2.19. The minimum absolute atomic E-state index is 0.689. The normalized spacial score (nSPS) is 20.5. The van der Waals surface area contributed by atoms with Crippen molar-refractivity contribution in [3.05, 3.63) is 34.3 Å². The molecule has 13 heavy (non-hydrogen) atoms. The first-order valence-electron chi connectivity index (χ1n) is 4.66. The summed E-state index contributed by atoms with van der Waals surface area (Å²) in [5.74, 6) is 0. The smallest absolute Gasteiger partial charge is 0.136 e. The van der Waals surface area contributed by atoms with Crippen LogP contribution in [0.1, 0.15) is 31.2 Å². The first-order chi connectivity index (χ1) is 6.21. The Kier molecular flexibility index (Phi) is 2.41. The fraction of sp³-hybridized carbons (Fsp3) is 0.455. The molecule has 0 aromatic heterocycles. The molecule has 0 amide bonds. The molecule has 70 valence electrons. The molecule has 0 saturated heterocycles. The van der Waals surface area contributed by atoms with Crippen molar-refractivity contribution in [3.63, 3.8) is 0 Å². The molecule has 1 aromatic rings. The molecule has 2 rings (SSSR count). The van der Waals surface area contributed by atoms with Gasteiger partial charge >= 0.3 is 0 Å². The lowest BCUT2D eigenvalue weighted by Crippen LogP contribution is -2.14. The van der Waals surface area contributed by atoms with Crippen LogP contribution in [0.3, 0.4) is 0 Å². The third kappa shape index (κ3) is 1.78. The summed E-state index contributed by atoms with van der Waals surface area (Å²) >= 11 is 3.35. The third-order valence-electron chi connectivity index (χ3n) is 2.76. The van der Waals surface area contributed by atoms with E-state index in [2.05, 4.69) is 15.9 Å². The van der Waals surface area contributed by atoms with Gasteiger partial charge in [0.1, 0.15) is 5.67 Å². The van der Waals surface area contributed by atoms with Crippen molar-refractivity contribution >= 4 is 15.9 Å². The molecule has 1 fully saturated rings. The van der Waals surface area contributed by atoms with Crippen LogP contribution in [0.25, 0.3) is 0 Å². The molecule has 0 N–H and O–H groups in total. The van der Waals surface area contributed by atoms with Gasteiger partial charge < -0.3 is 0 Å². The molecule has 0 nitrogen and oxygen atoms in total. The summed E-state index contributed by atoms with van der Waals surface area (Å²) < 4.78 is 15.2. The van der Waals surface area contributed by atoms with Gasteiger partial charge in [0.2, 0.25) is 0 Å². The van der Waals surface area contributed by atoms with Crippen molar-refractivity contribution in [1.82, 2.24) is 0 Å². The van der Waals surface area contributed by atoms with Crippen LogP contribution in [-0.2, 0) is 5.67 Å². The zero-order chi connectivity index (χ0) is 9.31. The van der Waals surface area contributed by atoms with Gasteiger partial charge in [-0.05, 0) is 43.4 Å². The summed E-state index contributed by atoms with van der Waals surface area (Å²) in [5.41, 5.74) is -0.200. The van der Waals surface area contributed by atoms with Gasteiger partial charge in [0.05, 0.1) is 0 Å². The topological polar surface area (TPSA) is 0 Å². The van der Waals surface area contributed by atoms with E-state index in [9.17, 15) is 4.39 Å². The summed E-state index contributed by atoms with van der Waals surface area (Å²) in [6.45, 7) is 0. The molecule has 0 spiro atoms. The van der Waals surface area contributed by atoms with Gasteiger partial charge in [-0.15, -0.1) is 0 Å². The van der Waals surface area contributed by atoms with Crippen LogP contribution < -0.4 is 0 Å². The number of alkyl halides is 1. The Hall–Kier alpha value is -0.370. The van der Waals surface area contributed by atoms with E-state index in [0.717, 1.165) is 22.9 Å². The predicted molar refractivity (Wildman–Crippen MR) is 55.4 cm³/mol. The van der Waals surface area contributed by atoms with E-state index in [-0.39, 0.29) is 0 Å². The molecule has 0 bridgehead atoms. The number of halogens is 2. The molecule has 0 aliphatic heterocycles. The highest BCUT2D eigenvalue weighted by Crippen LogP contribution is 2.42. The quantitative estimate of drug-likeness (QED) is 0.693. The zero-order valence-electron chi connectivity index (χ0n) is 7.39. The number of rotatable bonds is 1. The van der Waals surface area contributed by atoms with Crippen molar-refractivity contribution in [2.24, 2.45) is 0 Å². The molecule has 0 atom stereocenters. The molecule has 1 aromatic carbocycles. The van der Waals surface area contributed by atoms with E-state index in [1.165, 1.54) is 0 Å². The van der Waals surface area contributed by atoms with Gasteiger partial charge in [-0.3, -0.25) is 0 Å². The second kappa shape index (κ2) is 3.41. The lowest BCUT2D eigenvalue weighted by atomic mass is 9.94. The number of hydrogen-bond donors (Lipinski definition) is 0. The van der Waals surface area contributed by atoms with Crippen molar-refractivity contribution in [2.75, 3.05) is 0 Å². The van der Waals surface area contributed by atoms with E-state index < -0.39 is 5.67 Å². The SMILES string of the molecule is FC1(c2ccc(Br)cc2)CCCC1. The molecule has 1 aliphatic carbocycles. The third-order valence-corrected chi connectivity index (χ3v) is 3.29. The Morgan fingerprint density at radius 1 is 1.08 bits per heavy atom. The van der Waals surface area contributed by atoms with Crippen LogP contribution in [-0.4, -0.2) is 0 Å². The summed E-state index contributed by atoms with van der Waals surface area (Å²) in [6, 6.07) is 7.59. The van der Waals surface area contributed by atoms with E-state index in [1.54, 1.807) is 0 Å². The Balaban J connectivity index is 2.29. The maximum atomic E-state index is 14.2. The van der Waals surface area contributed by atoms with Gasteiger partial charge in [-0.25, -0.2) is 4.39 Å². The summed E-state index contributed by atoms with van der Waals surface area (Å²) in [7, 11) is 0. The Bertz CT molecular complexity index is 285. The fourth-order valence-electron chi connectivity index (χ4n) is 1.97. The largest absolute Gasteiger partial charge is 0.239 e. The van der Waals surface area contributed by atoms with Crippen LogP contribution in [0.2, 0.25) is 0 Å². The maximum Gasteiger partial charge on any atom is 0.136 e. The van der Waals surface area contributed by atoms with E-state index >= 15 is 0 Å². The van der Waals surface area contributed by atoms with Crippen LogP contribution in [0.5, 0.6) is 0 Å². The van der Waals surface area contributed by atoms with Crippen LogP contribution in [0.15, 0.2) is 28.7 Å². The molecular weight excluding hydrogens is 231 g/mol. The molecule has 1 aliphatic rings. The fourth-order valence-corrected chi connectivity index (χ4v) is 2.24. The average Bonchev–Trinajstić information content (AvgIpc) is 2.54. The number of hydrogen-bond acceptors (Lipinski definition) is 0. The lowest BCUT2D eigenvalue weighted by molar-refractivity contribution is 0.175. The zero-order valence-corrected chi connectivity index (χ0v) is 8.98. The average molecular weight is 243 g/mol. The van der Waals surface area contributed by atoms with Crippen molar-refractivity contribution in [3.8, 4) is 0 Å². The van der Waals surface area contributed by atoms with Gasteiger partial charge in [0.25, 0.3) is 0 Å². The molecule has 1 saturated carbocycles. The molecule has 2 heteroatoms. The highest BCUT2D eigenvalue weighted by molar-refractivity contribution is 9.10. The molecule has 0 radical (unpaired) electrons. The Morgan fingerprint density at radius 2 is 1.62 bits per heavy atom. The van der Waals surface area contributed by atoms with E-state index in [0.29, 0.717) is 12.8 Å². The Labute approximate surface area is 86.3 Å². The van der Waals surface area contributed by atoms with Crippen LogP contribution in [0, 0.1) is 0 Å². The highest BCUT2D eigenvalue weighted by atomic mass is 79.9. The van der Waals surface area contributed by atoms with Gasteiger partial charge in [0, 0.05) is 4.47 Å². The second-order valence-corrected chi connectivity index (χ2v) is 4.59. The minimum Gasteiger partial charge on any atom is -0.239 e. The van der Waals surface area contributed by atoms with Gasteiger partial charge in [-0.1, -0.05) is 28.1 Å². The summed E-state index contributed by atoms with van der Waals surface area (Å²) in [4.78, 5) is 0. The van der Waals surface area contributed by atoms with E-state index in [4.69, 9.17) is 0 Å². The van der Waals surface area contributed by atoms with Gasteiger partial charge in [0.15, 0.2) is 0 Å². The standard InChI is InChI=1S/C11H12BrF/c12-10-5-3-9(4-6-10)11(13)7-1-2-8-11/h3-6H,1-2,7-8H2.